The number of carbonyl (C=O) groups is 1. The van der Waals surface area contributed by atoms with Crippen molar-refractivity contribution in [1.82, 2.24) is 4.98 Å². The number of Topliss-reactive ketones (excluding diaryl/α,β-unsaturated/α-hetero) is 1. The van der Waals surface area contributed by atoms with Crippen LogP contribution in [0, 0.1) is 17.3 Å². The first-order valence-corrected chi connectivity index (χ1v) is 15.1. The molecule has 0 saturated heterocycles. The highest BCUT2D eigenvalue weighted by atomic mass is 16.3. The second-order valence-electron chi connectivity index (χ2n) is 11.5. The van der Waals surface area contributed by atoms with Crippen LogP contribution >= 0.6 is 0 Å². The largest absolute Gasteiger partial charge is 0.441 e. The van der Waals surface area contributed by atoms with Gasteiger partial charge in [0.1, 0.15) is 11.3 Å². The molecule has 0 bridgehead atoms. The standard InChI is InChI=1S/C32H41NO2.C2H6.CH4/c1-2-24-10-9-11-25(20-24)14-16-28(34)22-32(18-7-4-8-19-32)23-31-33-29-21-27(15-17-30(29)35-31)26-12-5-3-6-13-26;1-2;/h3,5-6,12-13,15,17,21,24-25H,2,4,7-11,14,16,18-20,22-23H2,1H3;1-2H3;1H4. The summed E-state index contributed by atoms with van der Waals surface area (Å²) < 4.78 is 6.23. The van der Waals surface area contributed by atoms with Crippen LogP contribution in [-0.4, -0.2) is 10.8 Å². The summed E-state index contributed by atoms with van der Waals surface area (Å²) in [5.74, 6) is 2.91. The molecule has 2 saturated carbocycles. The summed E-state index contributed by atoms with van der Waals surface area (Å²) in [7, 11) is 0. The summed E-state index contributed by atoms with van der Waals surface area (Å²) in [4.78, 5) is 18.1. The van der Waals surface area contributed by atoms with Crippen molar-refractivity contribution in [2.75, 3.05) is 0 Å². The van der Waals surface area contributed by atoms with E-state index in [4.69, 9.17) is 9.40 Å². The van der Waals surface area contributed by atoms with E-state index in [0.717, 1.165) is 66.5 Å². The fraction of sp³-hybridized carbons (Fsp3) is 0.600. The zero-order valence-electron chi connectivity index (χ0n) is 23.4. The molecule has 3 aromatic rings. The van der Waals surface area contributed by atoms with Crippen LogP contribution in [0.25, 0.3) is 22.2 Å². The lowest BCUT2D eigenvalue weighted by molar-refractivity contribution is -0.122. The molecule has 38 heavy (non-hydrogen) atoms. The van der Waals surface area contributed by atoms with Crippen molar-refractivity contribution in [3.8, 4) is 11.1 Å². The molecule has 0 amide bonds. The smallest absolute Gasteiger partial charge is 0.196 e. The van der Waals surface area contributed by atoms with Crippen LogP contribution in [0.4, 0.5) is 0 Å². The second kappa shape index (κ2) is 14.7. The van der Waals surface area contributed by atoms with Gasteiger partial charge in [-0.3, -0.25) is 4.79 Å². The van der Waals surface area contributed by atoms with Crippen LogP contribution in [0.2, 0.25) is 0 Å². The van der Waals surface area contributed by atoms with Gasteiger partial charge in [0.05, 0.1) is 0 Å². The van der Waals surface area contributed by atoms with Crippen molar-refractivity contribution in [2.45, 2.75) is 118 Å². The lowest BCUT2D eigenvalue weighted by Gasteiger charge is -2.36. The van der Waals surface area contributed by atoms with Gasteiger partial charge < -0.3 is 4.42 Å². The van der Waals surface area contributed by atoms with E-state index in [1.54, 1.807) is 0 Å². The molecule has 0 aliphatic heterocycles. The molecular weight excluding hydrogens is 466 g/mol. The van der Waals surface area contributed by atoms with Gasteiger partial charge in [-0.25, -0.2) is 4.98 Å². The fourth-order valence-electron chi connectivity index (χ4n) is 6.81. The third-order valence-corrected chi connectivity index (χ3v) is 8.85. The molecule has 2 aliphatic rings. The van der Waals surface area contributed by atoms with Crippen molar-refractivity contribution in [1.29, 1.82) is 0 Å². The molecular formula is C35H51NO2. The summed E-state index contributed by atoms with van der Waals surface area (Å²) in [6.07, 6.45) is 16.0. The molecule has 2 unspecified atom stereocenters. The Morgan fingerprint density at radius 2 is 1.68 bits per heavy atom. The van der Waals surface area contributed by atoms with Crippen LogP contribution < -0.4 is 0 Å². The van der Waals surface area contributed by atoms with Gasteiger partial charge in [0.2, 0.25) is 0 Å². The van der Waals surface area contributed by atoms with Gasteiger partial charge in [0.15, 0.2) is 11.5 Å². The average molecular weight is 518 g/mol. The number of hydrogen-bond acceptors (Lipinski definition) is 3. The predicted octanol–water partition coefficient (Wildman–Crippen LogP) is 10.6. The average Bonchev–Trinajstić information content (AvgIpc) is 3.35. The molecule has 3 nitrogen and oxygen atoms in total. The first kappa shape index (κ1) is 30.1. The molecule has 0 N–H and O–H groups in total. The maximum atomic E-state index is 13.2. The number of nitrogens with zero attached hydrogens (tertiary/aromatic N) is 1. The molecule has 2 atom stereocenters. The third-order valence-electron chi connectivity index (χ3n) is 8.85. The van der Waals surface area contributed by atoms with Gasteiger partial charge in [0, 0.05) is 19.3 Å². The molecule has 2 fully saturated rings. The molecule has 5 rings (SSSR count). The number of hydrogen-bond donors (Lipinski definition) is 0. The van der Waals surface area contributed by atoms with Crippen LogP contribution in [-0.2, 0) is 11.2 Å². The van der Waals surface area contributed by atoms with Gasteiger partial charge in [-0.1, -0.05) is 110 Å². The van der Waals surface area contributed by atoms with E-state index >= 15 is 0 Å². The molecule has 0 radical (unpaired) electrons. The Kier molecular flexibility index (Phi) is 11.6. The molecule has 0 spiro atoms. The molecule has 208 valence electrons. The monoisotopic (exact) mass is 517 g/mol. The van der Waals surface area contributed by atoms with Crippen molar-refractivity contribution in [2.24, 2.45) is 17.3 Å². The number of rotatable bonds is 9. The topological polar surface area (TPSA) is 43.1 Å². The molecule has 1 heterocycles. The Bertz CT molecular complexity index is 1110. The van der Waals surface area contributed by atoms with E-state index in [0.29, 0.717) is 12.2 Å². The number of aromatic nitrogens is 1. The number of benzene rings is 2. The number of oxazole rings is 1. The minimum Gasteiger partial charge on any atom is -0.441 e. The fourth-order valence-corrected chi connectivity index (χ4v) is 6.81. The first-order chi connectivity index (χ1) is 18.1. The van der Waals surface area contributed by atoms with Crippen molar-refractivity contribution in [3.05, 3.63) is 54.4 Å². The lowest BCUT2D eigenvalue weighted by Crippen LogP contribution is -2.30. The summed E-state index contributed by atoms with van der Waals surface area (Å²) in [6, 6.07) is 16.7. The summed E-state index contributed by atoms with van der Waals surface area (Å²) in [6.45, 7) is 6.32. The van der Waals surface area contributed by atoms with E-state index in [1.165, 1.54) is 56.9 Å². The zero-order valence-corrected chi connectivity index (χ0v) is 23.4. The van der Waals surface area contributed by atoms with Crippen LogP contribution in [0.5, 0.6) is 0 Å². The summed E-state index contributed by atoms with van der Waals surface area (Å²) >= 11 is 0. The van der Waals surface area contributed by atoms with Crippen molar-refractivity contribution in [3.63, 3.8) is 0 Å². The minimum absolute atomic E-state index is 0. The van der Waals surface area contributed by atoms with E-state index in [2.05, 4.69) is 43.3 Å². The minimum atomic E-state index is 0. The van der Waals surface area contributed by atoms with E-state index in [9.17, 15) is 4.79 Å². The summed E-state index contributed by atoms with van der Waals surface area (Å²) in [5, 5.41) is 0. The zero-order chi connectivity index (χ0) is 26.1. The highest BCUT2D eigenvalue weighted by Crippen LogP contribution is 2.43. The highest BCUT2D eigenvalue weighted by Gasteiger charge is 2.36. The third kappa shape index (κ3) is 7.80. The molecule has 3 heteroatoms. The Hall–Kier alpha value is -2.42. The number of ketones is 1. The number of fused-ring (bicyclic) bond motifs is 1. The van der Waals surface area contributed by atoms with Gasteiger partial charge in [-0.2, -0.15) is 0 Å². The van der Waals surface area contributed by atoms with Gasteiger partial charge in [0.25, 0.3) is 0 Å². The van der Waals surface area contributed by atoms with Crippen molar-refractivity contribution < 1.29 is 9.21 Å². The van der Waals surface area contributed by atoms with E-state index in [1.807, 2.05) is 26.0 Å². The quantitative estimate of drug-likeness (QED) is 0.283. The molecule has 2 aromatic carbocycles. The second-order valence-corrected chi connectivity index (χ2v) is 11.5. The van der Waals surface area contributed by atoms with Crippen LogP contribution in [0.3, 0.4) is 0 Å². The molecule has 2 aliphatic carbocycles. The Morgan fingerprint density at radius 1 is 0.947 bits per heavy atom. The van der Waals surface area contributed by atoms with E-state index in [-0.39, 0.29) is 12.8 Å². The lowest BCUT2D eigenvalue weighted by atomic mass is 9.68. The Labute approximate surface area is 231 Å². The maximum Gasteiger partial charge on any atom is 0.196 e. The highest BCUT2D eigenvalue weighted by molar-refractivity contribution is 5.81. The Balaban J connectivity index is 0.00000130. The van der Waals surface area contributed by atoms with Crippen LogP contribution in [0.15, 0.2) is 52.9 Å². The SMILES string of the molecule is C.CC.CCC1CCCC(CCC(=O)CC2(Cc3nc4cc(-c5ccccc5)ccc4o3)CCCCC2)C1. The van der Waals surface area contributed by atoms with Crippen LogP contribution in [0.1, 0.15) is 118 Å². The van der Waals surface area contributed by atoms with Crippen molar-refractivity contribution >= 4 is 16.9 Å². The normalized spacial score (nSPS) is 20.7. The first-order valence-electron chi connectivity index (χ1n) is 15.1. The number of carbonyl (C=O) groups excluding carboxylic acids is 1. The van der Waals surface area contributed by atoms with E-state index < -0.39 is 0 Å². The summed E-state index contributed by atoms with van der Waals surface area (Å²) in [5.41, 5.74) is 4.14. The van der Waals surface area contributed by atoms with Gasteiger partial charge >= 0.3 is 0 Å². The molecule has 1 aromatic heterocycles. The van der Waals surface area contributed by atoms with Gasteiger partial charge in [-0.15, -0.1) is 0 Å². The Morgan fingerprint density at radius 3 is 2.42 bits per heavy atom. The van der Waals surface area contributed by atoms with Gasteiger partial charge in [-0.05, 0) is 66.2 Å². The predicted molar refractivity (Wildman–Crippen MR) is 161 cm³/mol. The maximum absolute atomic E-state index is 13.2.